The fourth-order valence-corrected chi connectivity index (χ4v) is 1.88. The zero-order chi connectivity index (χ0) is 10.1. The second-order valence-electron chi connectivity index (χ2n) is 4.37. The van der Waals surface area contributed by atoms with Crippen molar-refractivity contribution in [2.24, 2.45) is 7.05 Å². The lowest BCUT2D eigenvalue weighted by molar-refractivity contribution is 0.549. The first-order valence-electron chi connectivity index (χ1n) is 4.54. The summed E-state index contributed by atoms with van der Waals surface area (Å²) < 4.78 is 1.90. The lowest BCUT2D eigenvalue weighted by Crippen LogP contribution is -2.14. The number of aryl methyl sites for hydroxylation is 2. The third-order valence-corrected chi connectivity index (χ3v) is 2.38. The Bertz CT molecular complexity index is 284. The van der Waals surface area contributed by atoms with Crippen LogP contribution in [0.1, 0.15) is 32.0 Å². The molecule has 0 aliphatic carbocycles. The van der Waals surface area contributed by atoms with Crippen molar-refractivity contribution in [1.82, 2.24) is 9.78 Å². The molecule has 0 radical (unpaired) electrons. The molecule has 13 heavy (non-hydrogen) atoms. The highest BCUT2D eigenvalue weighted by Crippen LogP contribution is 2.24. The maximum absolute atomic E-state index is 4.50. The first-order valence-corrected chi connectivity index (χ1v) is 5.66. The molecule has 0 bridgehead atoms. The van der Waals surface area contributed by atoms with Crippen molar-refractivity contribution in [3.05, 3.63) is 17.5 Å². The monoisotopic (exact) mass is 244 g/mol. The molecule has 3 heteroatoms. The van der Waals surface area contributed by atoms with Gasteiger partial charge in [0.1, 0.15) is 0 Å². The Morgan fingerprint density at radius 2 is 2.08 bits per heavy atom. The van der Waals surface area contributed by atoms with Gasteiger partial charge in [-0.1, -0.05) is 36.7 Å². The normalized spacial score (nSPS) is 12.1. The van der Waals surface area contributed by atoms with E-state index in [-0.39, 0.29) is 5.41 Å². The van der Waals surface area contributed by atoms with Crippen LogP contribution in [0.3, 0.4) is 0 Å². The zero-order valence-electron chi connectivity index (χ0n) is 8.76. The number of hydrogen-bond donors (Lipinski definition) is 0. The number of aromatic nitrogens is 2. The van der Waals surface area contributed by atoms with Crippen LogP contribution < -0.4 is 0 Å². The van der Waals surface area contributed by atoms with E-state index in [1.54, 1.807) is 0 Å². The maximum atomic E-state index is 4.50. The number of alkyl halides is 1. The SMILES string of the molecule is Cn1cc(CCBr)c(C(C)(C)C)n1. The zero-order valence-corrected chi connectivity index (χ0v) is 10.3. The fourth-order valence-electron chi connectivity index (χ4n) is 1.45. The first kappa shape index (κ1) is 10.8. The molecule has 0 atom stereocenters. The summed E-state index contributed by atoms with van der Waals surface area (Å²) in [5.41, 5.74) is 2.72. The summed E-state index contributed by atoms with van der Waals surface area (Å²) in [4.78, 5) is 0. The Balaban J connectivity index is 3.04. The molecule has 74 valence electrons. The van der Waals surface area contributed by atoms with Crippen molar-refractivity contribution in [2.45, 2.75) is 32.6 Å². The lowest BCUT2D eigenvalue weighted by Gasteiger charge is -2.16. The minimum absolute atomic E-state index is 0.152. The van der Waals surface area contributed by atoms with E-state index in [9.17, 15) is 0 Å². The molecule has 0 spiro atoms. The first-order chi connectivity index (χ1) is 5.95. The maximum Gasteiger partial charge on any atom is 0.0710 e. The van der Waals surface area contributed by atoms with E-state index in [4.69, 9.17) is 0 Å². The second kappa shape index (κ2) is 3.82. The smallest absolute Gasteiger partial charge is 0.0710 e. The number of nitrogens with zero attached hydrogens (tertiary/aromatic N) is 2. The standard InChI is InChI=1S/C10H17BrN2/c1-10(2,3)9-8(5-6-11)7-13(4)12-9/h7H,5-6H2,1-4H3. The molecule has 1 heterocycles. The average Bonchev–Trinajstić information content (AvgIpc) is 2.30. The molecule has 1 aromatic heterocycles. The summed E-state index contributed by atoms with van der Waals surface area (Å²) in [6.45, 7) is 6.60. The van der Waals surface area contributed by atoms with Crippen molar-refractivity contribution in [3.63, 3.8) is 0 Å². The Morgan fingerprint density at radius 3 is 2.54 bits per heavy atom. The van der Waals surface area contributed by atoms with Crippen molar-refractivity contribution in [3.8, 4) is 0 Å². The molecule has 1 aromatic rings. The third kappa shape index (κ3) is 2.56. The van der Waals surface area contributed by atoms with Crippen LogP contribution >= 0.6 is 15.9 Å². The van der Waals surface area contributed by atoms with Gasteiger partial charge in [-0.15, -0.1) is 0 Å². The average molecular weight is 245 g/mol. The molecule has 0 fully saturated rings. The lowest BCUT2D eigenvalue weighted by atomic mass is 9.89. The molecular formula is C10H17BrN2. The van der Waals surface area contributed by atoms with Gasteiger partial charge in [0, 0.05) is 24.0 Å². The van der Waals surface area contributed by atoms with Crippen LogP contribution in [-0.2, 0) is 18.9 Å². The summed E-state index contributed by atoms with van der Waals surface area (Å²) in [6, 6.07) is 0. The predicted molar refractivity (Wildman–Crippen MR) is 59.4 cm³/mol. The molecule has 1 rings (SSSR count). The molecule has 0 N–H and O–H groups in total. The summed E-state index contributed by atoms with van der Waals surface area (Å²) in [7, 11) is 1.98. The quantitative estimate of drug-likeness (QED) is 0.732. The molecule has 0 amide bonds. The van der Waals surface area contributed by atoms with Crippen LogP contribution in [0, 0.1) is 0 Å². The molecular weight excluding hydrogens is 228 g/mol. The molecule has 0 saturated heterocycles. The Morgan fingerprint density at radius 1 is 1.46 bits per heavy atom. The number of hydrogen-bond acceptors (Lipinski definition) is 1. The second-order valence-corrected chi connectivity index (χ2v) is 5.16. The van der Waals surface area contributed by atoms with Crippen LogP contribution in [0.5, 0.6) is 0 Å². The molecule has 0 aliphatic heterocycles. The van der Waals surface area contributed by atoms with Gasteiger partial charge in [0.25, 0.3) is 0 Å². The van der Waals surface area contributed by atoms with Gasteiger partial charge in [-0.25, -0.2) is 0 Å². The van der Waals surface area contributed by atoms with Crippen molar-refractivity contribution in [1.29, 1.82) is 0 Å². The highest BCUT2D eigenvalue weighted by atomic mass is 79.9. The van der Waals surface area contributed by atoms with E-state index in [2.05, 4.69) is 48.0 Å². The van der Waals surface area contributed by atoms with Crippen LogP contribution in [0.2, 0.25) is 0 Å². The van der Waals surface area contributed by atoms with Crippen LogP contribution in [0.15, 0.2) is 6.20 Å². The number of rotatable bonds is 2. The summed E-state index contributed by atoms with van der Waals surface area (Å²) in [5.74, 6) is 0. The summed E-state index contributed by atoms with van der Waals surface area (Å²) >= 11 is 3.46. The van der Waals surface area contributed by atoms with Gasteiger partial charge in [-0.05, 0) is 12.0 Å². The summed E-state index contributed by atoms with van der Waals surface area (Å²) in [5, 5.41) is 5.50. The van der Waals surface area contributed by atoms with Gasteiger partial charge in [0.2, 0.25) is 0 Å². The fraction of sp³-hybridized carbons (Fsp3) is 0.700. The van der Waals surface area contributed by atoms with Gasteiger partial charge in [0.05, 0.1) is 5.69 Å². The topological polar surface area (TPSA) is 17.8 Å². The van der Waals surface area contributed by atoms with Crippen molar-refractivity contribution >= 4 is 15.9 Å². The minimum Gasteiger partial charge on any atom is -0.275 e. The van der Waals surface area contributed by atoms with Gasteiger partial charge >= 0.3 is 0 Å². The molecule has 0 unspecified atom stereocenters. The Hall–Kier alpha value is -0.310. The van der Waals surface area contributed by atoms with E-state index in [1.165, 1.54) is 11.3 Å². The van der Waals surface area contributed by atoms with Gasteiger partial charge < -0.3 is 0 Å². The van der Waals surface area contributed by atoms with E-state index in [0.717, 1.165) is 11.8 Å². The summed E-state index contributed by atoms with van der Waals surface area (Å²) in [6.07, 6.45) is 3.17. The highest BCUT2D eigenvalue weighted by molar-refractivity contribution is 9.09. The van der Waals surface area contributed by atoms with Crippen LogP contribution in [0.25, 0.3) is 0 Å². The molecule has 2 nitrogen and oxygen atoms in total. The van der Waals surface area contributed by atoms with Crippen molar-refractivity contribution < 1.29 is 0 Å². The van der Waals surface area contributed by atoms with Gasteiger partial charge in [-0.2, -0.15) is 5.10 Å². The molecule has 0 saturated carbocycles. The third-order valence-electron chi connectivity index (χ3n) is 1.98. The van der Waals surface area contributed by atoms with Crippen molar-refractivity contribution in [2.75, 3.05) is 5.33 Å². The van der Waals surface area contributed by atoms with E-state index >= 15 is 0 Å². The molecule has 0 aromatic carbocycles. The van der Waals surface area contributed by atoms with E-state index in [1.807, 2.05) is 11.7 Å². The minimum atomic E-state index is 0.152. The Kier molecular flexibility index (Phi) is 3.17. The van der Waals surface area contributed by atoms with E-state index < -0.39 is 0 Å². The highest BCUT2D eigenvalue weighted by Gasteiger charge is 2.20. The van der Waals surface area contributed by atoms with E-state index in [0.29, 0.717) is 0 Å². The predicted octanol–water partition coefficient (Wildman–Crippen LogP) is 2.66. The largest absolute Gasteiger partial charge is 0.275 e. The van der Waals surface area contributed by atoms with Crippen LogP contribution in [-0.4, -0.2) is 15.1 Å². The van der Waals surface area contributed by atoms with Crippen LogP contribution in [0.4, 0.5) is 0 Å². The Labute approximate surface area is 88.5 Å². The van der Waals surface area contributed by atoms with Gasteiger partial charge in [-0.3, -0.25) is 4.68 Å². The molecule has 0 aliphatic rings. The van der Waals surface area contributed by atoms with Gasteiger partial charge in [0.15, 0.2) is 0 Å². The number of halogens is 1.